The maximum absolute atomic E-state index is 5.83. The molecule has 0 amide bonds. The molecule has 1 aromatic rings. The van der Waals surface area contributed by atoms with Gasteiger partial charge in [0.25, 0.3) is 0 Å². The summed E-state index contributed by atoms with van der Waals surface area (Å²) >= 11 is 0. The third-order valence-corrected chi connectivity index (χ3v) is 4.35. The minimum absolute atomic E-state index is 0.438. The first-order valence-electron chi connectivity index (χ1n) is 7.97. The highest BCUT2D eigenvalue weighted by Crippen LogP contribution is 2.23. The minimum Gasteiger partial charge on any atom is -0.385 e. The maximum Gasteiger partial charge on any atom is 0.0702 e. The molecule has 0 aliphatic carbocycles. The number of benzene rings is 1. The van der Waals surface area contributed by atoms with Crippen LogP contribution in [-0.4, -0.2) is 37.7 Å². The molecule has 2 aliphatic rings. The van der Waals surface area contributed by atoms with Crippen molar-refractivity contribution in [2.75, 3.05) is 32.1 Å². The number of hydrogen-bond acceptors (Lipinski definition) is 3. The summed E-state index contributed by atoms with van der Waals surface area (Å²) in [6.07, 6.45) is 6.68. The molecule has 3 heteroatoms. The number of likely N-dealkylation sites (N-methyl/N-ethyl adjacent to an activating group) is 1. The Balaban J connectivity index is 1.56. The molecule has 1 aromatic carbocycles. The standard InChI is InChI=1S/C17H26N2O/c1-19(13-16-6-2-3-10-20-16)12-14-7-8-17-15(11-14)5-4-9-18-17/h7-8,11,16,18H,2-6,9-10,12-13H2,1H3. The fourth-order valence-electron chi connectivity index (χ4n) is 3.30. The zero-order chi connectivity index (χ0) is 13.8. The van der Waals surface area contributed by atoms with Crippen LogP contribution in [0.1, 0.15) is 36.8 Å². The van der Waals surface area contributed by atoms with Crippen molar-refractivity contribution in [1.29, 1.82) is 0 Å². The summed E-state index contributed by atoms with van der Waals surface area (Å²) in [4.78, 5) is 2.40. The molecule has 0 spiro atoms. The molecule has 2 heterocycles. The van der Waals surface area contributed by atoms with Gasteiger partial charge in [0, 0.05) is 31.9 Å². The van der Waals surface area contributed by atoms with Gasteiger partial charge < -0.3 is 10.1 Å². The van der Waals surface area contributed by atoms with E-state index in [-0.39, 0.29) is 0 Å². The van der Waals surface area contributed by atoms with Gasteiger partial charge >= 0.3 is 0 Å². The highest BCUT2D eigenvalue weighted by Gasteiger charge is 2.16. The van der Waals surface area contributed by atoms with E-state index in [2.05, 4.69) is 35.5 Å². The summed E-state index contributed by atoms with van der Waals surface area (Å²) in [6, 6.07) is 6.88. The predicted molar refractivity (Wildman–Crippen MR) is 83.2 cm³/mol. The molecule has 3 nitrogen and oxygen atoms in total. The van der Waals surface area contributed by atoms with E-state index in [4.69, 9.17) is 4.74 Å². The van der Waals surface area contributed by atoms with E-state index in [1.54, 1.807) is 0 Å². The lowest BCUT2D eigenvalue weighted by molar-refractivity contribution is -0.00259. The van der Waals surface area contributed by atoms with Gasteiger partial charge in [-0.05, 0) is 56.3 Å². The van der Waals surface area contributed by atoms with Crippen LogP contribution in [0.5, 0.6) is 0 Å². The number of nitrogens with zero attached hydrogens (tertiary/aromatic N) is 1. The second kappa shape index (κ2) is 6.59. The van der Waals surface area contributed by atoms with Crippen molar-refractivity contribution in [2.45, 2.75) is 44.8 Å². The first-order chi connectivity index (χ1) is 9.81. The molecule has 0 bridgehead atoms. The van der Waals surface area contributed by atoms with Crippen LogP contribution >= 0.6 is 0 Å². The van der Waals surface area contributed by atoms with Crippen molar-refractivity contribution in [3.8, 4) is 0 Å². The number of nitrogens with one attached hydrogen (secondary N) is 1. The van der Waals surface area contributed by atoms with Crippen molar-refractivity contribution in [3.05, 3.63) is 29.3 Å². The third kappa shape index (κ3) is 3.53. The average molecular weight is 274 g/mol. The smallest absolute Gasteiger partial charge is 0.0702 e. The monoisotopic (exact) mass is 274 g/mol. The van der Waals surface area contributed by atoms with Gasteiger partial charge in [0.15, 0.2) is 0 Å². The van der Waals surface area contributed by atoms with Crippen molar-refractivity contribution >= 4 is 5.69 Å². The molecule has 0 radical (unpaired) electrons. The summed E-state index contributed by atoms with van der Waals surface area (Å²) in [5.41, 5.74) is 4.24. The van der Waals surface area contributed by atoms with E-state index in [1.807, 2.05) is 0 Å². The lowest BCUT2D eigenvalue weighted by atomic mass is 10.0. The quantitative estimate of drug-likeness (QED) is 0.913. The summed E-state index contributed by atoms with van der Waals surface area (Å²) < 4.78 is 5.83. The Labute approximate surface area is 122 Å². The van der Waals surface area contributed by atoms with Crippen LogP contribution < -0.4 is 5.32 Å². The Morgan fingerprint density at radius 3 is 3.10 bits per heavy atom. The number of aryl methyl sites for hydroxylation is 1. The molecule has 1 saturated heterocycles. The van der Waals surface area contributed by atoms with Crippen LogP contribution in [0.15, 0.2) is 18.2 Å². The molecule has 3 rings (SSSR count). The van der Waals surface area contributed by atoms with E-state index in [0.29, 0.717) is 6.10 Å². The first-order valence-corrected chi connectivity index (χ1v) is 7.97. The van der Waals surface area contributed by atoms with Gasteiger partial charge in [-0.1, -0.05) is 12.1 Å². The number of hydrogen-bond donors (Lipinski definition) is 1. The van der Waals surface area contributed by atoms with Gasteiger partial charge in [0.05, 0.1) is 6.10 Å². The normalized spacial score (nSPS) is 22.4. The highest BCUT2D eigenvalue weighted by atomic mass is 16.5. The van der Waals surface area contributed by atoms with Gasteiger partial charge in [-0.25, -0.2) is 0 Å². The Morgan fingerprint density at radius 1 is 1.30 bits per heavy atom. The Morgan fingerprint density at radius 2 is 2.25 bits per heavy atom. The molecule has 20 heavy (non-hydrogen) atoms. The van der Waals surface area contributed by atoms with Crippen molar-refractivity contribution in [2.24, 2.45) is 0 Å². The molecule has 1 unspecified atom stereocenters. The predicted octanol–water partition coefficient (Wildman–Crippen LogP) is 3.05. The van der Waals surface area contributed by atoms with E-state index >= 15 is 0 Å². The molecule has 2 aliphatic heterocycles. The molecular weight excluding hydrogens is 248 g/mol. The molecule has 110 valence electrons. The third-order valence-electron chi connectivity index (χ3n) is 4.35. The maximum atomic E-state index is 5.83. The van der Waals surface area contributed by atoms with Crippen LogP contribution in [-0.2, 0) is 17.7 Å². The molecule has 1 atom stereocenters. The van der Waals surface area contributed by atoms with Gasteiger partial charge in [0.2, 0.25) is 0 Å². The van der Waals surface area contributed by atoms with E-state index in [1.165, 1.54) is 48.9 Å². The van der Waals surface area contributed by atoms with Crippen LogP contribution in [0.3, 0.4) is 0 Å². The van der Waals surface area contributed by atoms with Crippen LogP contribution in [0.2, 0.25) is 0 Å². The van der Waals surface area contributed by atoms with E-state index in [9.17, 15) is 0 Å². The van der Waals surface area contributed by atoms with E-state index < -0.39 is 0 Å². The summed E-state index contributed by atoms with van der Waals surface area (Å²) in [6.45, 7) is 4.14. The Bertz CT molecular complexity index is 441. The van der Waals surface area contributed by atoms with Crippen LogP contribution in [0, 0.1) is 0 Å². The summed E-state index contributed by atoms with van der Waals surface area (Å²) in [7, 11) is 2.20. The summed E-state index contributed by atoms with van der Waals surface area (Å²) in [5.74, 6) is 0. The zero-order valence-corrected chi connectivity index (χ0v) is 12.5. The lowest BCUT2D eigenvalue weighted by Gasteiger charge is -2.27. The van der Waals surface area contributed by atoms with E-state index in [0.717, 1.165) is 26.2 Å². The summed E-state index contributed by atoms with van der Waals surface area (Å²) in [5, 5.41) is 3.48. The molecular formula is C17H26N2O. The number of ether oxygens (including phenoxy) is 1. The highest BCUT2D eigenvalue weighted by molar-refractivity contribution is 5.54. The Kier molecular flexibility index (Phi) is 4.58. The van der Waals surface area contributed by atoms with Gasteiger partial charge in [-0.3, -0.25) is 4.90 Å². The van der Waals surface area contributed by atoms with Crippen LogP contribution in [0.25, 0.3) is 0 Å². The van der Waals surface area contributed by atoms with Crippen LogP contribution in [0.4, 0.5) is 5.69 Å². The van der Waals surface area contributed by atoms with Crippen molar-refractivity contribution in [3.63, 3.8) is 0 Å². The molecule has 0 saturated carbocycles. The van der Waals surface area contributed by atoms with Gasteiger partial charge in [-0.2, -0.15) is 0 Å². The number of anilines is 1. The first kappa shape index (κ1) is 13.9. The fourth-order valence-corrected chi connectivity index (χ4v) is 3.30. The minimum atomic E-state index is 0.438. The molecule has 1 fully saturated rings. The average Bonchev–Trinajstić information content (AvgIpc) is 2.48. The molecule has 0 aromatic heterocycles. The zero-order valence-electron chi connectivity index (χ0n) is 12.5. The van der Waals surface area contributed by atoms with Crippen molar-refractivity contribution in [1.82, 2.24) is 4.90 Å². The lowest BCUT2D eigenvalue weighted by Crippen LogP contribution is -2.33. The van der Waals surface area contributed by atoms with Gasteiger partial charge in [0.1, 0.15) is 0 Å². The van der Waals surface area contributed by atoms with Gasteiger partial charge in [-0.15, -0.1) is 0 Å². The SMILES string of the molecule is CN(Cc1ccc2c(c1)CCCN2)CC1CCCCO1. The topological polar surface area (TPSA) is 24.5 Å². The second-order valence-corrected chi connectivity index (χ2v) is 6.21. The molecule has 1 N–H and O–H groups in total. The fraction of sp³-hybridized carbons (Fsp3) is 0.647. The Hall–Kier alpha value is -1.06. The van der Waals surface area contributed by atoms with Crippen molar-refractivity contribution < 1.29 is 4.74 Å². The second-order valence-electron chi connectivity index (χ2n) is 6.21. The largest absolute Gasteiger partial charge is 0.385 e. The number of fused-ring (bicyclic) bond motifs is 1. The number of rotatable bonds is 4.